The summed E-state index contributed by atoms with van der Waals surface area (Å²) in [7, 11) is 2.74. The summed E-state index contributed by atoms with van der Waals surface area (Å²) >= 11 is 0. The molecule has 0 saturated carbocycles. The Morgan fingerprint density at radius 1 is 0.463 bits per heavy atom. The van der Waals surface area contributed by atoms with E-state index in [1.165, 1.54) is 24.2 Å². The monoisotopic (exact) mass is 1170 g/mol. The molecule has 34 heteroatoms. The highest BCUT2D eigenvalue weighted by Crippen LogP contribution is 2.32. The summed E-state index contributed by atoms with van der Waals surface area (Å²) < 4.78 is 44.9. The van der Waals surface area contributed by atoms with Crippen LogP contribution < -0.4 is 32.7 Å². The normalized spacial score (nSPS) is 35.1. The number of rotatable bonds is 36. The van der Waals surface area contributed by atoms with Gasteiger partial charge in [-0.15, -0.1) is 10.0 Å². The molecule has 20 atom stereocenters. The standard InChI is InChI=1S/2C23H48N6O11/c1-14-17(31)18(32)22(16(13-30)38-14)40-23-20(34)19(33)21(37-2)15(39-23)12-26-8-4-7-25-9-5-11-28(10-3-6-24)29(36)27-35;1-14-17(31)18(32)22(16(13-30)38-14)40-23-20(34)19(33)21(37-2)15(39-23)12-26-9-5-11-28(29(36)27-35)10-4-8-25-7-3-6-24/h2*14-23,25-26,30-35H,3-13,24H2,1-2H3/p-2/b2*29-27-/t2*14-,15-,16-,17+,18-,19-,20-,21-,22?,23-/m11/s1. The van der Waals surface area contributed by atoms with E-state index in [2.05, 4.69) is 31.8 Å². The van der Waals surface area contributed by atoms with Crippen molar-refractivity contribution >= 4 is 0 Å². The van der Waals surface area contributed by atoms with E-state index in [9.17, 15) is 71.9 Å². The molecule has 0 amide bonds. The average molecular weight is 1170 g/mol. The minimum absolute atomic E-state index is 0.0332. The molecule has 0 bridgehead atoms. The lowest BCUT2D eigenvalue weighted by molar-refractivity contribution is -0.690. The fourth-order valence-electron chi connectivity index (χ4n) is 9.54. The Kier molecular flexibility index (Phi) is 34.6. The lowest BCUT2D eigenvalue weighted by Crippen LogP contribution is -2.65. The van der Waals surface area contributed by atoms with Gasteiger partial charge in [-0.3, -0.25) is 0 Å². The molecule has 472 valence electrons. The maximum atomic E-state index is 11.8. The van der Waals surface area contributed by atoms with Gasteiger partial charge in [-0.25, -0.2) is 0 Å². The van der Waals surface area contributed by atoms with Gasteiger partial charge < -0.3 is 143 Å². The van der Waals surface area contributed by atoms with Crippen molar-refractivity contribution in [1.29, 1.82) is 0 Å². The van der Waals surface area contributed by atoms with Crippen molar-refractivity contribution in [3.05, 3.63) is 20.8 Å². The summed E-state index contributed by atoms with van der Waals surface area (Å²) in [5.41, 5.74) is 10.9. The van der Waals surface area contributed by atoms with Crippen LogP contribution in [0.2, 0.25) is 0 Å². The Morgan fingerprint density at radius 3 is 1.16 bits per heavy atom. The molecule has 0 radical (unpaired) electrons. The third-order valence-corrected chi connectivity index (χ3v) is 14.1. The van der Waals surface area contributed by atoms with E-state index in [4.69, 9.17) is 49.4 Å². The van der Waals surface area contributed by atoms with Gasteiger partial charge in [0.05, 0.1) is 51.6 Å². The third kappa shape index (κ3) is 21.9. The van der Waals surface area contributed by atoms with Gasteiger partial charge in [-0.1, -0.05) is 0 Å². The zero-order valence-corrected chi connectivity index (χ0v) is 46.3. The van der Waals surface area contributed by atoms with Gasteiger partial charge in [-0.05, 0) is 115 Å². The molecular formula is C46H94N12O22-2. The fourth-order valence-corrected chi connectivity index (χ4v) is 9.54. The molecule has 4 fully saturated rings. The summed E-state index contributed by atoms with van der Waals surface area (Å²) in [6, 6.07) is 0. The van der Waals surface area contributed by atoms with Crippen LogP contribution in [0.25, 0.3) is 0 Å². The predicted molar refractivity (Wildman–Crippen MR) is 279 cm³/mol. The van der Waals surface area contributed by atoms with E-state index >= 15 is 0 Å². The highest BCUT2D eigenvalue weighted by Gasteiger charge is 2.52. The van der Waals surface area contributed by atoms with Crippen molar-refractivity contribution in [2.45, 2.75) is 175 Å². The van der Waals surface area contributed by atoms with Crippen LogP contribution in [0.15, 0.2) is 10.6 Å². The molecule has 2 unspecified atom stereocenters. The van der Waals surface area contributed by atoms with Crippen molar-refractivity contribution in [2.24, 2.45) is 22.0 Å². The first-order valence-electron chi connectivity index (χ1n) is 27.4. The summed E-state index contributed by atoms with van der Waals surface area (Å²) in [5, 5.41) is 168. The fraction of sp³-hybridized carbons (Fsp3) is 1.00. The van der Waals surface area contributed by atoms with Crippen LogP contribution in [0.1, 0.15) is 52.4 Å². The van der Waals surface area contributed by atoms with Crippen LogP contribution >= 0.6 is 0 Å². The van der Waals surface area contributed by atoms with E-state index < -0.39 is 136 Å². The van der Waals surface area contributed by atoms with E-state index in [-0.39, 0.29) is 29.6 Å². The van der Waals surface area contributed by atoms with Crippen LogP contribution in [0, 0.1) is 20.8 Å². The Bertz CT molecular complexity index is 1690. The largest absolute Gasteiger partial charge is 0.737 e. The number of nitrogens with two attached hydrogens (primary N) is 2. The van der Waals surface area contributed by atoms with Crippen molar-refractivity contribution in [3.8, 4) is 0 Å². The summed E-state index contributed by atoms with van der Waals surface area (Å²) in [5.74, 6) is 0. The number of hydrazine groups is 2. The molecule has 4 saturated heterocycles. The summed E-state index contributed by atoms with van der Waals surface area (Å²) in [6.45, 7) is 8.56. The maximum Gasteiger partial charge on any atom is 0.187 e. The highest BCUT2D eigenvalue weighted by atomic mass is 16.7. The topological polar surface area (TPSA) is 506 Å². The third-order valence-electron chi connectivity index (χ3n) is 14.1. The van der Waals surface area contributed by atoms with Crippen molar-refractivity contribution in [2.75, 3.05) is 119 Å². The van der Waals surface area contributed by atoms with Gasteiger partial charge in [-0.2, -0.15) is 0 Å². The van der Waals surface area contributed by atoms with Gasteiger partial charge in [0.25, 0.3) is 0 Å². The number of aliphatic hydroxyl groups is 10. The lowest BCUT2D eigenvalue weighted by atomic mass is 9.95. The van der Waals surface area contributed by atoms with Crippen molar-refractivity contribution in [1.82, 2.24) is 31.3 Å². The molecule has 0 aromatic rings. The summed E-state index contributed by atoms with van der Waals surface area (Å²) in [4.78, 5) is 0.0804. The molecule has 4 aliphatic heterocycles. The first kappa shape index (κ1) is 71.3. The zero-order valence-electron chi connectivity index (χ0n) is 46.3. The molecule has 0 spiro atoms. The van der Waals surface area contributed by atoms with Crippen LogP contribution in [-0.4, -0.2) is 313 Å². The van der Waals surface area contributed by atoms with Gasteiger partial charge in [0.15, 0.2) is 12.6 Å². The second-order valence-corrected chi connectivity index (χ2v) is 19.9. The Balaban J connectivity index is 0.000000420. The SMILES string of the molecule is CO[C@H]1[C@H](O)[C@@H](O)[C@@H](OC2[C@@H](CO)O[C@H](C)[C@H](O)[C@H]2O)O[C@@H]1CNCCCN(CCCNCCCN)/[N+]([O-])=N/[O-].CO[C@H]1[C@H](O)[C@@H](O)[C@@H](OC2[C@@H](CO)O[C@H](C)[C@H](O)[C@H]2O)O[C@@H]1CNCCCNCCCN(CCCN)/[N+]([O-])=N/[O-]. The Morgan fingerprint density at radius 2 is 0.800 bits per heavy atom. The van der Waals surface area contributed by atoms with E-state index in [1.54, 1.807) is 13.8 Å². The van der Waals surface area contributed by atoms with E-state index in [0.29, 0.717) is 91.1 Å². The number of hydrogen-bond acceptors (Lipinski definition) is 30. The predicted octanol–water partition coefficient (Wildman–Crippen LogP) is -7.36. The van der Waals surface area contributed by atoms with Crippen LogP contribution in [-0.2, 0) is 37.9 Å². The van der Waals surface area contributed by atoms with Gasteiger partial charge in [0, 0.05) is 37.2 Å². The lowest BCUT2D eigenvalue weighted by Gasteiger charge is -2.46. The molecule has 4 aliphatic rings. The average Bonchev–Trinajstić information content (AvgIpc) is 3.56. The minimum atomic E-state index is -1.55. The van der Waals surface area contributed by atoms with Gasteiger partial charge >= 0.3 is 0 Å². The molecular weight excluding hydrogens is 1070 g/mol. The van der Waals surface area contributed by atoms with Crippen molar-refractivity contribution < 1.29 is 98.9 Å². The second kappa shape index (κ2) is 38.8. The molecule has 18 N–H and O–H groups in total. The molecule has 80 heavy (non-hydrogen) atoms. The first-order chi connectivity index (χ1) is 38.4. The van der Waals surface area contributed by atoms with Crippen LogP contribution in [0.3, 0.4) is 0 Å². The quantitative estimate of drug-likeness (QED) is 0.0120. The number of nitrogens with zero attached hydrogens (tertiary/aromatic N) is 6. The van der Waals surface area contributed by atoms with Gasteiger partial charge in [0.1, 0.15) is 97.7 Å². The van der Waals surface area contributed by atoms with Crippen LogP contribution in [0.5, 0.6) is 0 Å². The number of hydrogen-bond donors (Lipinski definition) is 16. The van der Waals surface area contributed by atoms with Crippen LogP contribution in [0.4, 0.5) is 0 Å². The molecule has 0 aliphatic carbocycles. The first-order valence-corrected chi connectivity index (χ1v) is 27.4. The number of methoxy groups -OCH3 is 2. The zero-order chi connectivity index (χ0) is 59.3. The van der Waals surface area contributed by atoms with Crippen molar-refractivity contribution in [3.63, 3.8) is 0 Å². The highest BCUT2D eigenvalue weighted by molar-refractivity contribution is 4.97. The summed E-state index contributed by atoms with van der Waals surface area (Å²) in [6.07, 6.45) is -19.4. The minimum Gasteiger partial charge on any atom is -0.737 e. The van der Waals surface area contributed by atoms with Gasteiger partial charge in [0.2, 0.25) is 0 Å². The van der Waals surface area contributed by atoms with E-state index in [0.717, 1.165) is 19.4 Å². The molecule has 0 aromatic heterocycles. The second-order valence-electron chi connectivity index (χ2n) is 19.9. The molecule has 34 nitrogen and oxygen atoms in total. The number of nitrogens with one attached hydrogen (secondary N) is 4. The maximum absolute atomic E-state index is 11.8. The smallest absolute Gasteiger partial charge is 0.187 e. The number of ether oxygens (including phenoxy) is 8. The molecule has 4 heterocycles. The van der Waals surface area contributed by atoms with E-state index in [1.807, 2.05) is 0 Å². The Labute approximate surface area is 466 Å². The molecule has 0 aromatic carbocycles. The number of aliphatic hydroxyl groups excluding tert-OH is 10. The Hall–Kier alpha value is -2.96. The molecule has 4 rings (SSSR count).